The van der Waals surface area contributed by atoms with E-state index in [1.54, 1.807) is 18.2 Å². The molecule has 1 aliphatic rings. The average Bonchev–Trinajstić information content (AvgIpc) is 2.40. The summed E-state index contributed by atoms with van der Waals surface area (Å²) in [7, 11) is 0. The summed E-state index contributed by atoms with van der Waals surface area (Å²) in [5.74, 6) is -1.07. The molecule has 0 radical (unpaired) electrons. The van der Waals surface area contributed by atoms with Crippen LogP contribution in [-0.4, -0.2) is 35.9 Å². The second-order valence-electron chi connectivity index (χ2n) is 3.90. The number of aliphatic hydroxyl groups is 1. The van der Waals surface area contributed by atoms with Crippen molar-refractivity contribution in [1.82, 2.24) is 0 Å². The van der Waals surface area contributed by atoms with Gasteiger partial charge >= 0.3 is 11.9 Å². The molecule has 0 aliphatic carbocycles. The molecule has 0 saturated heterocycles. The van der Waals surface area contributed by atoms with E-state index in [2.05, 4.69) is 0 Å². The van der Waals surface area contributed by atoms with Gasteiger partial charge < -0.3 is 14.6 Å². The number of carbonyl (C=O) groups excluding carboxylic acids is 2. The van der Waals surface area contributed by atoms with Crippen LogP contribution in [-0.2, 0) is 14.3 Å². The van der Waals surface area contributed by atoms with Crippen molar-refractivity contribution >= 4 is 34.5 Å². The molecule has 0 unspecified atom stereocenters. The van der Waals surface area contributed by atoms with E-state index in [9.17, 15) is 14.7 Å². The molecule has 6 heteroatoms. The SMILES string of the molecule is O=C1C=C[C@H](O)[C@@H](COC(=O)c2ccccc2I)O1. The van der Waals surface area contributed by atoms with Crippen LogP contribution in [0.25, 0.3) is 0 Å². The second-order valence-corrected chi connectivity index (χ2v) is 5.07. The fourth-order valence-electron chi connectivity index (χ4n) is 1.55. The van der Waals surface area contributed by atoms with E-state index in [0.717, 1.165) is 9.65 Å². The minimum Gasteiger partial charge on any atom is -0.458 e. The van der Waals surface area contributed by atoms with Crippen molar-refractivity contribution in [3.63, 3.8) is 0 Å². The number of aliphatic hydroxyl groups excluding tert-OH is 1. The highest BCUT2D eigenvalue weighted by Crippen LogP contribution is 2.14. The van der Waals surface area contributed by atoms with Crippen molar-refractivity contribution in [3.05, 3.63) is 45.6 Å². The number of halogens is 1. The molecular formula is C13H11IO5. The molecule has 0 saturated carbocycles. The van der Waals surface area contributed by atoms with Crippen molar-refractivity contribution in [3.8, 4) is 0 Å². The number of hydrogen-bond acceptors (Lipinski definition) is 5. The van der Waals surface area contributed by atoms with Gasteiger partial charge in [-0.15, -0.1) is 0 Å². The lowest BCUT2D eigenvalue weighted by atomic mass is 10.1. The summed E-state index contributed by atoms with van der Waals surface area (Å²) in [4.78, 5) is 22.9. The van der Waals surface area contributed by atoms with Crippen molar-refractivity contribution in [2.45, 2.75) is 12.2 Å². The summed E-state index contributed by atoms with van der Waals surface area (Å²) >= 11 is 2.03. The predicted octanol–water partition coefficient (Wildman–Crippen LogP) is 1.29. The quantitative estimate of drug-likeness (QED) is 0.638. The van der Waals surface area contributed by atoms with E-state index < -0.39 is 24.1 Å². The lowest BCUT2D eigenvalue weighted by Gasteiger charge is -2.23. The first-order chi connectivity index (χ1) is 9.08. The Morgan fingerprint density at radius 2 is 2.16 bits per heavy atom. The lowest BCUT2D eigenvalue weighted by molar-refractivity contribution is -0.152. The maximum atomic E-state index is 11.8. The first-order valence-electron chi connectivity index (χ1n) is 5.56. The normalized spacial score (nSPS) is 21.9. The molecule has 2 rings (SSSR count). The van der Waals surface area contributed by atoms with Gasteiger partial charge in [-0.3, -0.25) is 0 Å². The van der Waals surface area contributed by atoms with Gasteiger partial charge in [-0.05, 0) is 40.8 Å². The van der Waals surface area contributed by atoms with Crippen molar-refractivity contribution in [2.75, 3.05) is 6.61 Å². The van der Waals surface area contributed by atoms with Gasteiger partial charge in [0, 0.05) is 9.65 Å². The van der Waals surface area contributed by atoms with E-state index in [0.29, 0.717) is 5.56 Å². The van der Waals surface area contributed by atoms with Crippen LogP contribution in [0.2, 0.25) is 0 Å². The number of ether oxygens (including phenoxy) is 2. The molecule has 1 heterocycles. The molecule has 1 aliphatic heterocycles. The van der Waals surface area contributed by atoms with Gasteiger partial charge in [0.1, 0.15) is 12.7 Å². The van der Waals surface area contributed by atoms with Crippen LogP contribution in [0.4, 0.5) is 0 Å². The van der Waals surface area contributed by atoms with Crippen LogP contribution >= 0.6 is 22.6 Å². The van der Waals surface area contributed by atoms with E-state index in [1.807, 2.05) is 28.7 Å². The van der Waals surface area contributed by atoms with Crippen LogP contribution in [0, 0.1) is 3.57 Å². The van der Waals surface area contributed by atoms with E-state index in [-0.39, 0.29) is 6.61 Å². The molecule has 0 fully saturated rings. The summed E-state index contributed by atoms with van der Waals surface area (Å²) < 4.78 is 10.7. The molecule has 100 valence electrons. The summed E-state index contributed by atoms with van der Waals surface area (Å²) in [6, 6.07) is 6.98. The first kappa shape index (κ1) is 14.0. The number of esters is 2. The summed E-state index contributed by atoms with van der Waals surface area (Å²) in [5.41, 5.74) is 0.440. The van der Waals surface area contributed by atoms with Crippen LogP contribution in [0.3, 0.4) is 0 Å². The van der Waals surface area contributed by atoms with Gasteiger partial charge in [0.05, 0.1) is 5.56 Å². The molecule has 0 bridgehead atoms. The van der Waals surface area contributed by atoms with Crippen LogP contribution in [0.5, 0.6) is 0 Å². The Bertz CT molecular complexity index is 526. The second kappa shape index (κ2) is 6.16. The van der Waals surface area contributed by atoms with Crippen molar-refractivity contribution in [1.29, 1.82) is 0 Å². The molecule has 1 aromatic rings. The number of hydrogen-bond donors (Lipinski definition) is 1. The number of benzene rings is 1. The third-order valence-electron chi connectivity index (χ3n) is 2.55. The Balaban J connectivity index is 1.96. The molecule has 2 atom stereocenters. The highest BCUT2D eigenvalue weighted by Gasteiger charge is 2.26. The third-order valence-corrected chi connectivity index (χ3v) is 3.49. The minimum absolute atomic E-state index is 0.180. The van der Waals surface area contributed by atoms with E-state index in [1.165, 1.54) is 6.08 Å². The maximum absolute atomic E-state index is 11.8. The van der Waals surface area contributed by atoms with Gasteiger partial charge in [-0.1, -0.05) is 12.1 Å². The van der Waals surface area contributed by atoms with Gasteiger partial charge in [0.25, 0.3) is 0 Å². The fraction of sp³-hybridized carbons (Fsp3) is 0.231. The van der Waals surface area contributed by atoms with Crippen LogP contribution in [0.1, 0.15) is 10.4 Å². The largest absolute Gasteiger partial charge is 0.458 e. The Morgan fingerprint density at radius 3 is 2.89 bits per heavy atom. The van der Waals surface area contributed by atoms with Crippen LogP contribution < -0.4 is 0 Å². The number of cyclic esters (lactones) is 1. The van der Waals surface area contributed by atoms with E-state index in [4.69, 9.17) is 9.47 Å². The highest BCUT2D eigenvalue weighted by molar-refractivity contribution is 14.1. The lowest BCUT2D eigenvalue weighted by Crippen LogP contribution is -2.37. The summed E-state index contributed by atoms with van der Waals surface area (Å²) in [6.07, 6.45) is 0.642. The molecule has 1 aromatic carbocycles. The summed E-state index contributed by atoms with van der Waals surface area (Å²) in [6.45, 7) is -0.180. The number of carbonyl (C=O) groups is 2. The molecule has 5 nitrogen and oxygen atoms in total. The van der Waals surface area contributed by atoms with Crippen molar-refractivity contribution < 1.29 is 24.2 Å². The van der Waals surface area contributed by atoms with Crippen molar-refractivity contribution in [2.24, 2.45) is 0 Å². The minimum atomic E-state index is -0.958. The van der Waals surface area contributed by atoms with Gasteiger partial charge in [-0.2, -0.15) is 0 Å². The highest BCUT2D eigenvalue weighted by atomic mass is 127. The average molecular weight is 374 g/mol. The number of rotatable bonds is 3. The molecule has 0 amide bonds. The Labute approximate surface area is 123 Å². The molecular weight excluding hydrogens is 363 g/mol. The standard InChI is InChI=1S/C13H11IO5/c14-9-4-2-1-3-8(9)13(17)18-7-11-10(15)5-6-12(16)19-11/h1-6,10-11,15H,7H2/t10-,11+/m0/s1. The zero-order valence-electron chi connectivity index (χ0n) is 9.78. The smallest absolute Gasteiger partial charge is 0.339 e. The van der Waals surface area contributed by atoms with Gasteiger partial charge in [0.2, 0.25) is 0 Å². The van der Waals surface area contributed by atoms with Gasteiger partial charge in [-0.25, -0.2) is 9.59 Å². The molecule has 0 spiro atoms. The summed E-state index contributed by atoms with van der Waals surface area (Å²) in [5, 5.41) is 9.57. The van der Waals surface area contributed by atoms with E-state index >= 15 is 0 Å². The zero-order valence-corrected chi connectivity index (χ0v) is 11.9. The Kier molecular flexibility index (Phi) is 4.54. The fourth-order valence-corrected chi connectivity index (χ4v) is 2.16. The van der Waals surface area contributed by atoms with Crippen LogP contribution in [0.15, 0.2) is 36.4 Å². The molecule has 19 heavy (non-hydrogen) atoms. The Morgan fingerprint density at radius 1 is 1.42 bits per heavy atom. The maximum Gasteiger partial charge on any atom is 0.339 e. The predicted molar refractivity (Wildman–Crippen MR) is 74.5 cm³/mol. The molecule has 0 aromatic heterocycles. The first-order valence-corrected chi connectivity index (χ1v) is 6.64. The topological polar surface area (TPSA) is 72.8 Å². The molecule has 1 N–H and O–H groups in total. The Hall–Kier alpha value is -1.41. The third kappa shape index (κ3) is 3.54. The monoisotopic (exact) mass is 374 g/mol. The zero-order chi connectivity index (χ0) is 13.8. The van der Waals surface area contributed by atoms with Gasteiger partial charge in [0.15, 0.2) is 6.10 Å².